The van der Waals surface area contributed by atoms with Gasteiger partial charge in [-0.25, -0.2) is 9.78 Å². The summed E-state index contributed by atoms with van der Waals surface area (Å²) in [5, 5.41) is 10.6. The molecule has 29 heavy (non-hydrogen) atoms. The van der Waals surface area contributed by atoms with E-state index in [1.54, 1.807) is 13.8 Å². The van der Waals surface area contributed by atoms with Gasteiger partial charge in [0.05, 0.1) is 31.2 Å². The number of aromatic amines is 1. The monoisotopic (exact) mass is 421 g/mol. The van der Waals surface area contributed by atoms with Crippen molar-refractivity contribution in [3.63, 3.8) is 0 Å². The van der Waals surface area contributed by atoms with E-state index < -0.39 is 12.1 Å². The van der Waals surface area contributed by atoms with Crippen LogP contribution in [0.4, 0.5) is 0 Å². The van der Waals surface area contributed by atoms with Crippen LogP contribution in [-0.2, 0) is 16.0 Å². The van der Waals surface area contributed by atoms with Crippen LogP contribution < -0.4 is 5.56 Å². The number of aliphatic hydroxyl groups excluding tert-OH is 1. The van der Waals surface area contributed by atoms with E-state index in [1.165, 1.54) is 0 Å². The van der Waals surface area contributed by atoms with Gasteiger partial charge in [-0.1, -0.05) is 5.92 Å². The summed E-state index contributed by atoms with van der Waals surface area (Å²) in [6.07, 6.45) is 4.42. The van der Waals surface area contributed by atoms with Gasteiger partial charge in [-0.3, -0.25) is 9.69 Å². The first-order valence-electron chi connectivity index (χ1n) is 9.41. The van der Waals surface area contributed by atoms with Crippen LogP contribution in [0.2, 0.25) is 0 Å². The Bertz CT molecular complexity index is 944. The molecule has 2 aromatic rings. The van der Waals surface area contributed by atoms with Crippen molar-refractivity contribution in [2.45, 2.75) is 46.4 Å². The first kappa shape index (κ1) is 23.0. The van der Waals surface area contributed by atoms with Gasteiger partial charge in [0.1, 0.15) is 22.1 Å². The quantitative estimate of drug-likeness (QED) is 0.342. The second-order valence-electron chi connectivity index (χ2n) is 6.87. The summed E-state index contributed by atoms with van der Waals surface area (Å²) >= 11 is 1.15. The molecule has 0 saturated carbocycles. The molecule has 2 N–H and O–H groups in total. The summed E-state index contributed by atoms with van der Waals surface area (Å²) in [5.41, 5.74) is 0.279. The molecule has 0 aliphatic rings. The van der Waals surface area contributed by atoms with Crippen molar-refractivity contribution in [2.24, 2.45) is 0 Å². The lowest BCUT2D eigenvalue weighted by Gasteiger charge is -2.28. The molecule has 0 aliphatic heterocycles. The molecule has 0 aromatic carbocycles. The number of thiophene rings is 1. The number of hydrogen-bond donors (Lipinski definition) is 2. The number of aromatic nitrogens is 2. The highest BCUT2D eigenvalue weighted by atomic mass is 32.1. The average molecular weight is 422 g/mol. The second-order valence-corrected chi connectivity index (χ2v) is 7.86. The minimum absolute atomic E-state index is 0.0958. The van der Waals surface area contributed by atoms with Crippen molar-refractivity contribution in [3.05, 3.63) is 26.6 Å². The predicted molar refractivity (Wildman–Crippen MR) is 112 cm³/mol. The van der Waals surface area contributed by atoms with Crippen molar-refractivity contribution in [1.82, 2.24) is 14.9 Å². The summed E-state index contributed by atoms with van der Waals surface area (Å²) in [7, 11) is 0. The van der Waals surface area contributed by atoms with E-state index in [1.807, 2.05) is 18.7 Å². The molecule has 158 valence electrons. The standard InChI is InChI=1S/C20H27N3O5S/c1-6-8-27-11-14(24)9-23(12(3)4)10-15-21-18(25)16-13(5)17(20(26)28-7-2)29-19(16)22-15/h1,12,14,24H,7-11H2,2-5H3,(H,21,22,25)/t14-/m0/s1. The van der Waals surface area contributed by atoms with Crippen molar-refractivity contribution >= 4 is 27.5 Å². The maximum absolute atomic E-state index is 12.6. The molecule has 0 spiro atoms. The number of ether oxygens (including phenoxy) is 2. The zero-order valence-corrected chi connectivity index (χ0v) is 18.0. The minimum atomic E-state index is -0.722. The van der Waals surface area contributed by atoms with Gasteiger partial charge < -0.3 is 19.6 Å². The second kappa shape index (κ2) is 10.5. The van der Waals surface area contributed by atoms with Crippen LogP contribution in [0.5, 0.6) is 0 Å². The fraction of sp³-hybridized carbons (Fsp3) is 0.550. The topological polar surface area (TPSA) is 105 Å². The van der Waals surface area contributed by atoms with Gasteiger partial charge in [-0.15, -0.1) is 17.8 Å². The van der Waals surface area contributed by atoms with E-state index in [4.69, 9.17) is 15.9 Å². The Labute approximate surface area is 173 Å². The largest absolute Gasteiger partial charge is 0.462 e. The van der Waals surface area contributed by atoms with Gasteiger partial charge >= 0.3 is 5.97 Å². The Balaban J connectivity index is 2.24. The molecular weight excluding hydrogens is 394 g/mol. The smallest absolute Gasteiger partial charge is 0.348 e. The number of rotatable bonds is 10. The maximum Gasteiger partial charge on any atom is 0.348 e. The van der Waals surface area contributed by atoms with Crippen LogP contribution in [0, 0.1) is 19.3 Å². The van der Waals surface area contributed by atoms with Gasteiger partial charge in [0.15, 0.2) is 0 Å². The summed E-state index contributed by atoms with van der Waals surface area (Å²) in [6, 6.07) is 0.0958. The molecule has 0 radical (unpaired) electrons. The minimum Gasteiger partial charge on any atom is -0.462 e. The molecule has 2 rings (SSSR count). The van der Waals surface area contributed by atoms with Gasteiger partial charge in [-0.05, 0) is 33.3 Å². The molecular formula is C20H27N3O5S. The zero-order chi connectivity index (χ0) is 21.6. The third-order valence-corrected chi connectivity index (χ3v) is 5.50. The molecule has 0 fully saturated rings. The van der Waals surface area contributed by atoms with E-state index in [-0.39, 0.29) is 31.4 Å². The van der Waals surface area contributed by atoms with Crippen molar-refractivity contribution in [3.8, 4) is 12.3 Å². The summed E-state index contributed by atoms with van der Waals surface area (Å²) < 4.78 is 10.2. The van der Waals surface area contributed by atoms with Gasteiger partial charge in [0, 0.05) is 12.6 Å². The summed E-state index contributed by atoms with van der Waals surface area (Å²) in [5.74, 6) is 2.37. The molecule has 2 heterocycles. The molecule has 1 atom stereocenters. The van der Waals surface area contributed by atoms with E-state index in [9.17, 15) is 14.7 Å². The van der Waals surface area contributed by atoms with Crippen LogP contribution in [0.1, 0.15) is 41.8 Å². The fourth-order valence-electron chi connectivity index (χ4n) is 2.88. The van der Waals surface area contributed by atoms with E-state index in [2.05, 4.69) is 15.9 Å². The van der Waals surface area contributed by atoms with Crippen molar-refractivity contribution in [2.75, 3.05) is 26.4 Å². The molecule has 0 saturated heterocycles. The highest BCUT2D eigenvalue weighted by Crippen LogP contribution is 2.27. The Morgan fingerprint density at radius 1 is 1.45 bits per heavy atom. The highest BCUT2D eigenvalue weighted by Gasteiger charge is 2.22. The Kier molecular flexibility index (Phi) is 8.34. The van der Waals surface area contributed by atoms with Crippen LogP contribution in [0.3, 0.4) is 0 Å². The average Bonchev–Trinajstić information content (AvgIpc) is 2.98. The molecule has 0 aliphatic carbocycles. The Hall–Kier alpha value is -2.25. The molecule has 0 amide bonds. The zero-order valence-electron chi connectivity index (χ0n) is 17.2. The van der Waals surface area contributed by atoms with E-state index in [0.717, 1.165) is 11.3 Å². The van der Waals surface area contributed by atoms with Gasteiger partial charge in [0.2, 0.25) is 0 Å². The third-order valence-electron chi connectivity index (χ3n) is 4.33. The number of H-pyrrole nitrogens is 1. The number of aryl methyl sites for hydroxylation is 1. The lowest BCUT2D eigenvalue weighted by molar-refractivity contribution is 0.0186. The number of nitrogens with zero attached hydrogens (tertiary/aromatic N) is 2. The van der Waals surface area contributed by atoms with Gasteiger partial charge in [0.25, 0.3) is 5.56 Å². The van der Waals surface area contributed by atoms with Crippen LogP contribution in [-0.4, -0.2) is 64.5 Å². The van der Waals surface area contributed by atoms with Crippen molar-refractivity contribution in [1.29, 1.82) is 0 Å². The van der Waals surface area contributed by atoms with Crippen LogP contribution >= 0.6 is 11.3 Å². The molecule has 9 heteroatoms. The van der Waals surface area contributed by atoms with Gasteiger partial charge in [-0.2, -0.15) is 0 Å². The SMILES string of the molecule is C#CCOC[C@@H](O)CN(Cc1nc2sc(C(=O)OCC)c(C)c2c(=O)[nH]1)C(C)C. The lowest BCUT2D eigenvalue weighted by Crippen LogP contribution is -2.39. The predicted octanol–water partition coefficient (Wildman–Crippen LogP) is 1.69. The molecule has 2 aromatic heterocycles. The fourth-order valence-corrected chi connectivity index (χ4v) is 3.98. The number of aliphatic hydroxyl groups is 1. The number of terminal acetylenes is 1. The van der Waals surface area contributed by atoms with Crippen LogP contribution in [0.25, 0.3) is 10.2 Å². The maximum atomic E-state index is 12.6. The van der Waals surface area contributed by atoms with E-state index >= 15 is 0 Å². The first-order chi connectivity index (χ1) is 13.8. The first-order valence-corrected chi connectivity index (χ1v) is 10.2. The van der Waals surface area contributed by atoms with E-state index in [0.29, 0.717) is 39.6 Å². The normalized spacial score (nSPS) is 12.5. The van der Waals surface area contributed by atoms with Crippen LogP contribution in [0.15, 0.2) is 4.79 Å². The lowest BCUT2D eigenvalue weighted by atomic mass is 10.2. The highest BCUT2D eigenvalue weighted by molar-refractivity contribution is 7.20. The number of fused-ring (bicyclic) bond motifs is 1. The Morgan fingerprint density at radius 2 is 2.17 bits per heavy atom. The molecule has 0 bridgehead atoms. The number of nitrogens with one attached hydrogen (secondary N) is 1. The number of carbonyl (C=O) groups excluding carboxylic acids is 1. The number of esters is 1. The third kappa shape index (κ3) is 5.87. The number of carbonyl (C=O) groups is 1. The molecule has 8 nitrogen and oxygen atoms in total. The Morgan fingerprint density at radius 3 is 2.79 bits per heavy atom. The summed E-state index contributed by atoms with van der Waals surface area (Å²) in [4.78, 5) is 34.9. The number of hydrogen-bond acceptors (Lipinski definition) is 8. The summed E-state index contributed by atoms with van der Waals surface area (Å²) in [6.45, 7) is 8.62. The van der Waals surface area contributed by atoms with Crippen molar-refractivity contribution < 1.29 is 19.4 Å². The molecule has 0 unspecified atom stereocenters.